The predicted octanol–water partition coefficient (Wildman–Crippen LogP) is 1.90. The standard InChI is InChI=1S/C12H15NO2/c1-8(2)13-6-9(7-14)12-10(13)4-3-5-11(12)15/h3-5,7-9,15H,6H2,1-2H3. The average Bonchev–Trinajstić information content (AvgIpc) is 2.58. The van der Waals surface area contributed by atoms with Gasteiger partial charge in [0.15, 0.2) is 0 Å². The number of anilines is 1. The largest absolute Gasteiger partial charge is 0.508 e. The second kappa shape index (κ2) is 3.57. The van der Waals surface area contributed by atoms with Crippen molar-refractivity contribution >= 4 is 12.0 Å². The third-order valence-corrected chi connectivity index (χ3v) is 2.92. The van der Waals surface area contributed by atoms with Crippen molar-refractivity contribution in [2.75, 3.05) is 11.4 Å². The quantitative estimate of drug-likeness (QED) is 0.750. The normalized spacial score (nSPS) is 19.4. The van der Waals surface area contributed by atoms with Crippen molar-refractivity contribution in [2.24, 2.45) is 0 Å². The van der Waals surface area contributed by atoms with Gasteiger partial charge >= 0.3 is 0 Å². The Bertz CT molecular complexity index is 387. The molecule has 0 bridgehead atoms. The summed E-state index contributed by atoms with van der Waals surface area (Å²) in [7, 11) is 0. The Morgan fingerprint density at radius 3 is 2.87 bits per heavy atom. The highest BCUT2D eigenvalue weighted by atomic mass is 16.3. The van der Waals surface area contributed by atoms with Gasteiger partial charge in [0, 0.05) is 23.8 Å². The molecule has 0 saturated carbocycles. The Labute approximate surface area is 89.3 Å². The molecule has 0 fully saturated rings. The summed E-state index contributed by atoms with van der Waals surface area (Å²) in [6.07, 6.45) is 0.918. The number of phenols is 1. The molecule has 1 heterocycles. The Balaban J connectivity index is 2.52. The molecule has 0 amide bonds. The Hall–Kier alpha value is -1.51. The molecular formula is C12H15NO2. The van der Waals surface area contributed by atoms with Crippen LogP contribution in [-0.4, -0.2) is 24.0 Å². The van der Waals surface area contributed by atoms with Crippen LogP contribution in [0.4, 0.5) is 5.69 Å². The number of rotatable bonds is 2. The van der Waals surface area contributed by atoms with Gasteiger partial charge in [0.2, 0.25) is 0 Å². The van der Waals surface area contributed by atoms with Crippen LogP contribution in [0.1, 0.15) is 25.3 Å². The molecule has 3 heteroatoms. The van der Waals surface area contributed by atoms with Gasteiger partial charge in [-0.05, 0) is 26.0 Å². The van der Waals surface area contributed by atoms with E-state index >= 15 is 0 Å². The molecule has 1 aliphatic rings. The molecule has 0 aliphatic carbocycles. The SMILES string of the molecule is CC(C)N1CC(C=O)c2c(O)cccc21. The second-order valence-electron chi connectivity index (χ2n) is 4.20. The van der Waals surface area contributed by atoms with Gasteiger partial charge in [0.25, 0.3) is 0 Å². The van der Waals surface area contributed by atoms with Crippen molar-refractivity contribution in [3.63, 3.8) is 0 Å². The maximum Gasteiger partial charge on any atom is 0.129 e. The minimum absolute atomic E-state index is 0.191. The van der Waals surface area contributed by atoms with E-state index in [0.717, 1.165) is 17.5 Å². The van der Waals surface area contributed by atoms with E-state index in [4.69, 9.17) is 0 Å². The summed E-state index contributed by atoms with van der Waals surface area (Å²) in [5.74, 6) is 0.0383. The molecule has 1 aliphatic heterocycles. The van der Waals surface area contributed by atoms with Gasteiger partial charge in [-0.25, -0.2) is 0 Å². The number of carbonyl (C=O) groups is 1. The van der Waals surface area contributed by atoms with Crippen molar-refractivity contribution in [2.45, 2.75) is 25.8 Å². The van der Waals surface area contributed by atoms with Crippen LogP contribution in [0.15, 0.2) is 18.2 Å². The fourth-order valence-corrected chi connectivity index (χ4v) is 2.17. The number of hydrogen-bond donors (Lipinski definition) is 1. The molecule has 1 aromatic rings. The van der Waals surface area contributed by atoms with Gasteiger partial charge in [0.1, 0.15) is 12.0 Å². The van der Waals surface area contributed by atoms with Crippen molar-refractivity contribution in [3.8, 4) is 5.75 Å². The lowest BCUT2D eigenvalue weighted by molar-refractivity contribution is -0.108. The Morgan fingerprint density at radius 2 is 2.27 bits per heavy atom. The van der Waals surface area contributed by atoms with Crippen molar-refractivity contribution < 1.29 is 9.90 Å². The summed E-state index contributed by atoms with van der Waals surface area (Å²) in [5.41, 5.74) is 1.77. The van der Waals surface area contributed by atoms with E-state index in [1.54, 1.807) is 6.07 Å². The monoisotopic (exact) mass is 205 g/mol. The van der Waals surface area contributed by atoms with Crippen LogP contribution < -0.4 is 4.90 Å². The van der Waals surface area contributed by atoms with Gasteiger partial charge in [-0.2, -0.15) is 0 Å². The minimum atomic E-state index is -0.191. The predicted molar refractivity (Wildman–Crippen MR) is 59.4 cm³/mol. The third-order valence-electron chi connectivity index (χ3n) is 2.92. The Kier molecular flexibility index (Phi) is 2.39. The summed E-state index contributed by atoms with van der Waals surface area (Å²) in [6, 6.07) is 5.75. The number of aldehydes is 1. The van der Waals surface area contributed by atoms with Crippen molar-refractivity contribution in [1.29, 1.82) is 0 Å². The fraction of sp³-hybridized carbons (Fsp3) is 0.417. The molecule has 15 heavy (non-hydrogen) atoms. The number of phenolic OH excluding ortho intramolecular Hbond substituents is 1. The van der Waals surface area contributed by atoms with Gasteiger partial charge in [-0.1, -0.05) is 6.07 Å². The maximum atomic E-state index is 11.0. The van der Waals surface area contributed by atoms with E-state index in [9.17, 15) is 9.90 Å². The van der Waals surface area contributed by atoms with Gasteiger partial charge in [-0.3, -0.25) is 0 Å². The summed E-state index contributed by atoms with van der Waals surface area (Å²) in [5, 5.41) is 9.75. The molecule has 0 aromatic heterocycles. The lowest BCUT2D eigenvalue weighted by atomic mass is 10.0. The van der Waals surface area contributed by atoms with Crippen molar-refractivity contribution in [3.05, 3.63) is 23.8 Å². The molecule has 1 N–H and O–H groups in total. The van der Waals surface area contributed by atoms with Crippen LogP contribution in [0, 0.1) is 0 Å². The molecule has 1 atom stereocenters. The zero-order valence-electron chi connectivity index (χ0n) is 8.97. The summed E-state index contributed by atoms with van der Waals surface area (Å²) >= 11 is 0. The second-order valence-corrected chi connectivity index (χ2v) is 4.20. The Morgan fingerprint density at radius 1 is 1.53 bits per heavy atom. The van der Waals surface area contributed by atoms with Crippen LogP contribution >= 0.6 is 0 Å². The zero-order chi connectivity index (χ0) is 11.0. The molecule has 1 aromatic carbocycles. The number of fused-ring (bicyclic) bond motifs is 1. The lowest BCUT2D eigenvalue weighted by Gasteiger charge is -2.23. The summed E-state index contributed by atoms with van der Waals surface area (Å²) in [6.45, 7) is 4.84. The summed E-state index contributed by atoms with van der Waals surface area (Å²) < 4.78 is 0. The topological polar surface area (TPSA) is 40.5 Å². The molecular weight excluding hydrogens is 190 g/mol. The molecule has 0 spiro atoms. The van der Waals surface area contributed by atoms with Crippen LogP contribution in [0.2, 0.25) is 0 Å². The number of benzene rings is 1. The first-order valence-corrected chi connectivity index (χ1v) is 5.19. The highest BCUT2D eigenvalue weighted by Gasteiger charge is 2.31. The lowest BCUT2D eigenvalue weighted by Crippen LogP contribution is -2.29. The van der Waals surface area contributed by atoms with E-state index in [1.807, 2.05) is 12.1 Å². The van der Waals surface area contributed by atoms with E-state index in [-0.39, 0.29) is 11.7 Å². The van der Waals surface area contributed by atoms with Crippen molar-refractivity contribution in [1.82, 2.24) is 0 Å². The molecule has 0 radical (unpaired) electrons. The van der Waals surface area contributed by atoms with E-state index < -0.39 is 0 Å². The summed E-state index contributed by atoms with van der Waals surface area (Å²) in [4.78, 5) is 13.1. The first-order valence-electron chi connectivity index (χ1n) is 5.19. The number of hydrogen-bond acceptors (Lipinski definition) is 3. The highest BCUT2D eigenvalue weighted by molar-refractivity contribution is 5.77. The molecule has 2 rings (SSSR count). The van der Waals surface area contributed by atoms with E-state index in [0.29, 0.717) is 12.6 Å². The molecule has 1 unspecified atom stereocenters. The van der Waals surface area contributed by atoms with Gasteiger partial charge in [-0.15, -0.1) is 0 Å². The number of nitrogens with zero attached hydrogens (tertiary/aromatic N) is 1. The van der Waals surface area contributed by atoms with E-state index in [2.05, 4.69) is 18.7 Å². The number of aromatic hydroxyl groups is 1. The smallest absolute Gasteiger partial charge is 0.129 e. The molecule has 80 valence electrons. The fourth-order valence-electron chi connectivity index (χ4n) is 2.17. The van der Waals surface area contributed by atoms with Crippen LogP contribution in [-0.2, 0) is 4.79 Å². The first-order chi connectivity index (χ1) is 7.15. The van der Waals surface area contributed by atoms with E-state index in [1.165, 1.54) is 0 Å². The van der Waals surface area contributed by atoms with Crippen LogP contribution in [0.3, 0.4) is 0 Å². The van der Waals surface area contributed by atoms with Crippen LogP contribution in [0.25, 0.3) is 0 Å². The minimum Gasteiger partial charge on any atom is -0.508 e. The molecule has 0 saturated heterocycles. The average molecular weight is 205 g/mol. The van der Waals surface area contributed by atoms with Gasteiger partial charge in [0.05, 0.1) is 5.92 Å². The highest BCUT2D eigenvalue weighted by Crippen LogP contribution is 2.41. The first kappa shape index (κ1) is 10.0. The molecule has 3 nitrogen and oxygen atoms in total. The van der Waals surface area contributed by atoms with Gasteiger partial charge < -0.3 is 14.8 Å². The number of carbonyl (C=O) groups excluding carboxylic acids is 1. The van der Waals surface area contributed by atoms with Crippen LogP contribution in [0.5, 0.6) is 5.75 Å². The third kappa shape index (κ3) is 1.48. The zero-order valence-corrected chi connectivity index (χ0v) is 8.97. The maximum absolute atomic E-state index is 11.0.